The van der Waals surface area contributed by atoms with E-state index in [1.165, 1.54) is 11.1 Å². The van der Waals surface area contributed by atoms with Crippen molar-refractivity contribution in [3.63, 3.8) is 0 Å². The first-order valence-corrected chi connectivity index (χ1v) is 6.83. The highest BCUT2D eigenvalue weighted by Crippen LogP contribution is 2.30. The molecule has 106 valence electrons. The molecule has 2 heteroatoms. The lowest BCUT2D eigenvalue weighted by Gasteiger charge is -2.18. The minimum Gasteiger partial charge on any atom is -0.496 e. The Morgan fingerprint density at radius 1 is 0.850 bits per heavy atom. The van der Waals surface area contributed by atoms with Crippen LogP contribution in [0.25, 0.3) is 0 Å². The first-order valence-electron chi connectivity index (χ1n) is 6.83. The molecule has 0 saturated carbocycles. The van der Waals surface area contributed by atoms with Crippen molar-refractivity contribution in [2.75, 3.05) is 7.11 Å². The normalized spacial score (nSPS) is 12.3. The summed E-state index contributed by atoms with van der Waals surface area (Å²) in [6.07, 6.45) is -0.599. The van der Waals surface area contributed by atoms with Crippen molar-refractivity contribution >= 4 is 0 Å². The molecule has 0 fully saturated rings. The van der Waals surface area contributed by atoms with E-state index in [9.17, 15) is 5.11 Å². The summed E-state index contributed by atoms with van der Waals surface area (Å²) in [6, 6.07) is 10.2. The van der Waals surface area contributed by atoms with Gasteiger partial charge < -0.3 is 9.84 Å². The van der Waals surface area contributed by atoms with Crippen LogP contribution < -0.4 is 4.74 Å². The van der Waals surface area contributed by atoms with Gasteiger partial charge in [0.25, 0.3) is 0 Å². The lowest BCUT2D eigenvalue weighted by atomic mass is 9.93. The number of aryl methyl sites for hydroxylation is 4. The molecule has 0 aliphatic rings. The van der Waals surface area contributed by atoms with Crippen molar-refractivity contribution in [3.8, 4) is 5.75 Å². The van der Waals surface area contributed by atoms with Gasteiger partial charge in [0.15, 0.2) is 0 Å². The van der Waals surface area contributed by atoms with E-state index >= 15 is 0 Å². The van der Waals surface area contributed by atoms with Crippen LogP contribution in [0, 0.1) is 27.7 Å². The van der Waals surface area contributed by atoms with Crippen LogP contribution >= 0.6 is 0 Å². The van der Waals surface area contributed by atoms with Crippen LogP contribution in [-0.4, -0.2) is 12.2 Å². The third-order valence-corrected chi connectivity index (χ3v) is 3.64. The standard InChI is InChI=1S/C18H22O2/c1-11-6-12(2)8-15(7-11)18(19)16-9-14(4)17(20-5)10-13(16)3/h6-10,18-19H,1-5H3. The van der Waals surface area contributed by atoms with Gasteiger partial charge in [0.1, 0.15) is 11.9 Å². The summed E-state index contributed by atoms with van der Waals surface area (Å²) in [5.41, 5.74) is 6.29. The minimum atomic E-state index is -0.599. The fraction of sp³-hybridized carbons (Fsp3) is 0.333. The van der Waals surface area contributed by atoms with Crippen LogP contribution in [0.1, 0.15) is 39.5 Å². The van der Waals surface area contributed by atoms with Gasteiger partial charge in [-0.25, -0.2) is 0 Å². The number of methoxy groups -OCH3 is 1. The largest absolute Gasteiger partial charge is 0.496 e. The van der Waals surface area contributed by atoms with Crippen molar-refractivity contribution in [1.82, 2.24) is 0 Å². The number of benzene rings is 2. The smallest absolute Gasteiger partial charge is 0.122 e. The third-order valence-electron chi connectivity index (χ3n) is 3.64. The van der Waals surface area contributed by atoms with Gasteiger partial charge >= 0.3 is 0 Å². The van der Waals surface area contributed by atoms with Crippen molar-refractivity contribution in [1.29, 1.82) is 0 Å². The molecule has 0 aliphatic carbocycles. The molecule has 0 aromatic heterocycles. The van der Waals surface area contributed by atoms with E-state index < -0.39 is 6.10 Å². The molecule has 0 radical (unpaired) electrons. The van der Waals surface area contributed by atoms with Crippen molar-refractivity contribution in [3.05, 3.63) is 63.7 Å². The first kappa shape index (κ1) is 14.6. The van der Waals surface area contributed by atoms with E-state index in [2.05, 4.69) is 19.9 Å². The zero-order chi connectivity index (χ0) is 14.9. The molecule has 2 aromatic rings. The maximum atomic E-state index is 10.7. The van der Waals surface area contributed by atoms with Gasteiger partial charge in [-0.15, -0.1) is 0 Å². The van der Waals surface area contributed by atoms with Gasteiger partial charge in [-0.2, -0.15) is 0 Å². The Hall–Kier alpha value is -1.80. The van der Waals surface area contributed by atoms with Gasteiger partial charge in [-0.3, -0.25) is 0 Å². The fourth-order valence-corrected chi connectivity index (χ4v) is 2.67. The second-order valence-electron chi connectivity index (χ2n) is 5.50. The van der Waals surface area contributed by atoms with Crippen LogP contribution in [0.4, 0.5) is 0 Å². The molecule has 0 heterocycles. The topological polar surface area (TPSA) is 29.5 Å². The summed E-state index contributed by atoms with van der Waals surface area (Å²) in [4.78, 5) is 0. The van der Waals surface area contributed by atoms with E-state index in [1.807, 2.05) is 38.1 Å². The number of aliphatic hydroxyl groups is 1. The van der Waals surface area contributed by atoms with Crippen molar-refractivity contribution in [2.45, 2.75) is 33.8 Å². The average Bonchev–Trinajstić information content (AvgIpc) is 2.39. The average molecular weight is 270 g/mol. The number of hydrogen-bond acceptors (Lipinski definition) is 2. The maximum absolute atomic E-state index is 10.7. The van der Waals surface area contributed by atoms with Crippen molar-refractivity contribution in [2.24, 2.45) is 0 Å². The summed E-state index contributed by atoms with van der Waals surface area (Å²) in [7, 11) is 1.67. The minimum absolute atomic E-state index is 0.599. The highest BCUT2D eigenvalue weighted by atomic mass is 16.5. The molecular formula is C18H22O2. The molecule has 2 nitrogen and oxygen atoms in total. The van der Waals surface area contributed by atoms with Crippen LogP contribution in [0.3, 0.4) is 0 Å². The lowest BCUT2D eigenvalue weighted by molar-refractivity contribution is 0.219. The number of aliphatic hydroxyl groups excluding tert-OH is 1. The van der Waals surface area contributed by atoms with Crippen LogP contribution in [0.5, 0.6) is 5.75 Å². The quantitative estimate of drug-likeness (QED) is 0.913. The summed E-state index contributed by atoms with van der Waals surface area (Å²) in [5, 5.41) is 10.7. The number of rotatable bonds is 3. The van der Waals surface area contributed by atoms with Crippen LogP contribution in [0.2, 0.25) is 0 Å². The number of hydrogen-bond donors (Lipinski definition) is 1. The predicted molar refractivity (Wildman–Crippen MR) is 82.4 cm³/mol. The highest BCUT2D eigenvalue weighted by Gasteiger charge is 2.15. The zero-order valence-corrected chi connectivity index (χ0v) is 12.8. The Morgan fingerprint density at radius 2 is 1.45 bits per heavy atom. The monoisotopic (exact) mass is 270 g/mol. The van der Waals surface area contributed by atoms with Crippen LogP contribution in [0.15, 0.2) is 30.3 Å². The molecule has 0 amide bonds. The second kappa shape index (κ2) is 5.68. The Labute approximate surface area is 121 Å². The predicted octanol–water partition coefficient (Wildman–Crippen LogP) is 4.01. The molecule has 1 N–H and O–H groups in total. The van der Waals surface area contributed by atoms with E-state index in [0.717, 1.165) is 28.0 Å². The molecule has 0 bridgehead atoms. The maximum Gasteiger partial charge on any atom is 0.122 e. The molecule has 0 saturated heterocycles. The van der Waals surface area contributed by atoms with E-state index in [-0.39, 0.29) is 0 Å². The van der Waals surface area contributed by atoms with Gasteiger partial charge in [-0.05, 0) is 62.1 Å². The highest BCUT2D eigenvalue weighted by molar-refractivity contribution is 5.45. The van der Waals surface area contributed by atoms with Gasteiger partial charge in [0, 0.05) is 0 Å². The molecule has 2 rings (SSSR count). The Bertz CT molecular complexity index is 609. The molecule has 1 unspecified atom stereocenters. The molecule has 1 atom stereocenters. The first-order chi connectivity index (χ1) is 9.42. The molecular weight excluding hydrogens is 248 g/mol. The molecule has 0 aliphatic heterocycles. The van der Waals surface area contributed by atoms with Gasteiger partial charge in [-0.1, -0.05) is 29.3 Å². The third kappa shape index (κ3) is 2.86. The van der Waals surface area contributed by atoms with Crippen LogP contribution in [-0.2, 0) is 0 Å². The number of ether oxygens (including phenoxy) is 1. The van der Waals surface area contributed by atoms with E-state index in [4.69, 9.17) is 4.74 Å². The summed E-state index contributed by atoms with van der Waals surface area (Å²) < 4.78 is 5.32. The van der Waals surface area contributed by atoms with Gasteiger partial charge in [0.05, 0.1) is 7.11 Å². The summed E-state index contributed by atoms with van der Waals surface area (Å²) in [6.45, 7) is 8.10. The molecule has 2 aromatic carbocycles. The summed E-state index contributed by atoms with van der Waals surface area (Å²) >= 11 is 0. The zero-order valence-electron chi connectivity index (χ0n) is 12.8. The SMILES string of the molecule is COc1cc(C)c(C(O)c2cc(C)cc(C)c2)cc1C. The van der Waals surface area contributed by atoms with Gasteiger partial charge in [0.2, 0.25) is 0 Å². The Balaban J connectivity index is 2.47. The van der Waals surface area contributed by atoms with E-state index in [1.54, 1.807) is 7.11 Å². The Kier molecular flexibility index (Phi) is 4.15. The second-order valence-corrected chi connectivity index (χ2v) is 5.50. The fourth-order valence-electron chi connectivity index (χ4n) is 2.67. The molecule has 0 spiro atoms. The lowest BCUT2D eigenvalue weighted by Crippen LogP contribution is -2.04. The van der Waals surface area contributed by atoms with E-state index in [0.29, 0.717) is 0 Å². The molecule has 20 heavy (non-hydrogen) atoms. The Morgan fingerprint density at radius 3 is 2.00 bits per heavy atom. The summed E-state index contributed by atoms with van der Waals surface area (Å²) in [5.74, 6) is 0.860. The van der Waals surface area contributed by atoms with Crippen molar-refractivity contribution < 1.29 is 9.84 Å².